The molecule has 0 unspecified atom stereocenters. The average Bonchev–Trinajstić information content (AvgIpc) is 2.59. The van der Waals surface area contributed by atoms with Crippen LogP contribution in [0.1, 0.15) is 6.42 Å². The first kappa shape index (κ1) is 17.1. The van der Waals surface area contributed by atoms with Gasteiger partial charge >= 0.3 is 5.97 Å². The van der Waals surface area contributed by atoms with Crippen LogP contribution in [0.25, 0.3) is 11.1 Å². The van der Waals surface area contributed by atoms with Crippen molar-refractivity contribution >= 4 is 29.3 Å². The monoisotopic (exact) mass is 329 g/mol. The predicted octanol–water partition coefficient (Wildman–Crippen LogP) is 3.59. The smallest absolute Gasteiger partial charge is 0.306 e. The number of para-hydroxylation sites is 1. The molecule has 2 aromatic carbocycles. The van der Waals surface area contributed by atoms with E-state index in [2.05, 4.69) is 10.1 Å². The highest BCUT2D eigenvalue weighted by Crippen LogP contribution is 2.27. The second-order valence-electron chi connectivity index (χ2n) is 4.84. The summed E-state index contributed by atoms with van der Waals surface area (Å²) < 4.78 is 4.56. The Labute approximate surface area is 140 Å². The summed E-state index contributed by atoms with van der Waals surface area (Å²) in [5.41, 5.74) is 2.83. The molecule has 0 saturated heterocycles. The quantitative estimate of drug-likeness (QED) is 0.623. The Bertz CT molecular complexity index is 658. The van der Waals surface area contributed by atoms with Crippen molar-refractivity contribution in [1.82, 2.24) is 0 Å². The van der Waals surface area contributed by atoms with Crippen molar-refractivity contribution < 1.29 is 14.3 Å². The molecular formula is C18H19NO3S. The largest absolute Gasteiger partial charge is 0.469 e. The van der Waals surface area contributed by atoms with Gasteiger partial charge in [0.15, 0.2) is 0 Å². The third-order valence-electron chi connectivity index (χ3n) is 3.20. The normalized spacial score (nSPS) is 10.1. The minimum Gasteiger partial charge on any atom is -0.469 e. The number of nitrogens with one attached hydrogen (secondary N) is 1. The van der Waals surface area contributed by atoms with Crippen LogP contribution in [0.4, 0.5) is 5.69 Å². The molecule has 4 nitrogen and oxygen atoms in total. The topological polar surface area (TPSA) is 55.4 Å². The minimum atomic E-state index is -0.257. The Balaban J connectivity index is 1.93. The van der Waals surface area contributed by atoms with Crippen LogP contribution in [-0.2, 0) is 14.3 Å². The van der Waals surface area contributed by atoms with E-state index in [0.29, 0.717) is 17.9 Å². The van der Waals surface area contributed by atoms with Gasteiger partial charge in [-0.25, -0.2) is 0 Å². The predicted molar refractivity (Wildman–Crippen MR) is 94.5 cm³/mol. The number of carbonyl (C=O) groups excluding carboxylic acids is 2. The third-order valence-corrected chi connectivity index (χ3v) is 4.16. The zero-order chi connectivity index (χ0) is 16.5. The number of methoxy groups -OCH3 is 1. The number of ether oxygens (including phenoxy) is 1. The number of benzene rings is 2. The van der Waals surface area contributed by atoms with Crippen LogP contribution < -0.4 is 5.32 Å². The summed E-state index contributed by atoms with van der Waals surface area (Å²) in [5, 5.41) is 2.94. The van der Waals surface area contributed by atoms with Gasteiger partial charge in [0.05, 0.1) is 19.3 Å². The number of hydrogen-bond donors (Lipinski definition) is 1. The number of thioether (sulfide) groups is 1. The molecule has 0 atom stereocenters. The lowest BCUT2D eigenvalue weighted by Gasteiger charge is -2.11. The highest BCUT2D eigenvalue weighted by Gasteiger charge is 2.08. The van der Waals surface area contributed by atoms with Crippen LogP contribution >= 0.6 is 11.8 Å². The van der Waals surface area contributed by atoms with Crippen molar-refractivity contribution in [1.29, 1.82) is 0 Å². The summed E-state index contributed by atoms with van der Waals surface area (Å²) >= 11 is 1.41. The lowest BCUT2D eigenvalue weighted by atomic mass is 10.0. The molecule has 0 aliphatic carbocycles. The molecule has 0 heterocycles. The Morgan fingerprint density at radius 1 is 1.04 bits per heavy atom. The lowest BCUT2D eigenvalue weighted by Crippen LogP contribution is -2.15. The van der Waals surface area contributed by atoms with E-state index in [-0.39, 0.29) is 11.9 Å². The number of hydrogen-bond acceptors (Lipinski definition) is 4. The number of anilines is 1. The molecule has 1 N–H and O–H groups in total. The maximum Gasteiger partial charge on any atom is 0.306 e. The van der Waals surface area contributed by atoms with Gasteiger partial charge in [0, 0.05) is 17.0 Å². The Morgan fingerprint density at radius 3 is 2.48 bits per heavy atom. The van der Waals surface area contributed by atoms with Gasteiger partial charge in [0.25, 0.3) is 0 Å². The minimum absolute atomic E-state index is 0.0803. The Hall–Kier alpha value is -2.27. The molecule has 0 aromatic heterocycles. The van der Waals surface area contributed by atoms with Gasteiger partial charge in [-0.3, -0.25) is 9.59 Å². The van der Waals surface area contributed by atoms with Gasteiger partial charge in [-0.05, 0) is 11.6 Å². The average molecular weight is 329 g/mol. The van der Waals surface area contributed by atoms with E-state index >= 15 is 0 Å². The van der Waals surface area contributed by atoms with E-state index in [0.717, 1.165) is 16.8 Å². The van der Waals surface area contributed by atoms with Gasteiger partial charge < -0.3 is 10.1 Å². The van der Waals surface area contributed by atoms with E-state index in [4.69, 9.17) is 0 Å². The van der Waals surface area contributed by atoms with Crippen LogP contribution in [0, 0.1) is 0 Å². The maximum atomic E-state index is 12.1. The van der Waals surface area contributed by atoms with Crippen molar-refractivity contribution in [3.8, 4) is 11.1 Å². The van der Waals surface area contributed by atoms with E-state index in [9.17, 15) is 9.59 Å². The molecule has 0 aliphatic rings. The summed E-state index contributed by atoms with van der Waals surface area (Å²) in [6.07, 6.45) is 0.315. The second kappa shape index (κ2) is 9.00. The van der Waals surface area contributed by atoms with Crippen molar-refractivity contribution in [2.45, 2.75) is 6.42 Å². The summed E-state index contributed by atoms with van der Waals surface area (Å²) in [6.45, 7) is 0. The van der Waals surface area contributed by atoms with Crippen LogP contribution in [0.5, 0.6) is 0 Å². The van der Waals surface area contributed by atoms with Gasteiger partial charge in [-0.2, -0.15) is 11.8 Å². The Kier molecular flexibility index (Phi) is 6.69. The van der Waals surface area contributed by atoms with Gasteiger partial charge in [-0.1, -0.05) is 48.5 Å². The molecule has 120 valence electrons. The SMILES string of the molecule is COC(=O)CCSCC(=O)Nc1ccccc1-c1ccccc1. The van der Waals surface area contributed by atoms with Crippen LogP contribution in [0.2, 0.25) is 0 Å². The van der Waals surface area contributed by atoms with Crippen molar-refractivity contribution in [2.75, 3.05) is 23.9 Å². The molecule has 0 radical (unpaired) electrons. The fourth-order valence-electron chi connectivity index (χ4n) is 2.07. The van der Waals surface area contributed by atoms with E-state index in [1.165, 1.54) is 18.9 Å². The number of amides is 1. The first-order valence-electron chi connectivity index (χ1n) is 7.29. The molecule has 2 rings (SSSR count). The van der Waals surface area contributed by atoms with E-state index in [1.807, 2.05) is 54.6 Å². The van der Waals surface area contributed by atoms with E-state index in [1.54, 1.807) is 0 Å². The molecule has 0 spiro atoms. The summed E-state index contributed by atoms with van der Waals surface area (Å²) in [5.74, 6) is 0.538. The van der Waals surface area contributed by atoms with Crippen LogP contribution in [-0.4, -0.2) is 30.5 Å². The number of rotatable bonds is 7. The zero-order valence-electron chi connectivity index (χ0n) is 13.0. The highest BCUT2D eigenvalue weighted by molar-refractivity contribution is 7.99. The summed E-state index contributed by atoms with van der Waals surface area (Å²) in [4.78, 5) is 23.1. The summed E-state index contributed by atoms with van der Waals surface area (Å²) in [6, 6.07) is 17.6. The lowest BCUT2D eigenvalue weighted by molar-refractivity contribution is -0.140. The molecular weight excluding hydrogens is 310 g/mol. The Morgan fingerprint density at radius 2 is 1.74 bits per heavy atom. The van der Waals surface area contributed by atoms with Crippen LogP contribution in [0.3, 0.4) is 0 Å². The maximum absolute atomic E-state index is 12.1. The highest BCUT2D eigenvalue weighted by atomic mass is 32.2. The first-order valence-corrected chi connectivity index (χ1v) is 8.45. The number of esters is 1. The zero-order valence-corrected chi connectivity index (χ0v) is 13.8. The van der Waals surface area contributed by atoms with Crippen molar-refractivity contribution in [3.63, 3.8) is 0 Å². The first-order chi connectivity index (χ1) is 11.2. The van der Waals surface area contributed by atoms with Crippen LogP contribution in [0.15, 0.2) is 54.6 Å². The molecule has 0 fully saturated rings. The molecule has 23 heavy (non-hydrogen) atoms. The fraction of sp³-hybridized carbons (Fsp3) is 0.222. The molecule has 0 saturated carbocycles. The van der Waals surface area contributed by atoms with Gasteiger partial charge in [0.1, 0.15) is 0 Å². The molecule has 0 aliphatic heterocycles. The molecule has 0 bridgehead atoms. The van der Waals surface area contributed by atoms with Gasteiger partial charge in [-0.15, -0.1) is 0 Å². The molecule has 1 amide bonds. The van der Waals surface area contributed by atoms with Crippen molar-refractivity contribution in [3.05, 3.63) is 54.6 Å². The summed E-state index contributed by atoms with van der Waals surface area (Å²) in [7, 11) is 1.36. The standard InChI is InChI=1S/C18H19NO3S/c1-22-18(21)11-12-23-13-17(20)19-16-10-6-5-9-15(16)14-7-3-2-4-8-14/h2-10H,11-13H2,1H3,(H,19,20). The molecule has 5 heteroatoms. The van der Waals surface area contributed by atoms with Crippen molar-refractivity contribution in [2.24, 2.45) is 0 Å². The second-order valence-corrected chi connectivity index (χ2v) is 5.94. The fourth-order valence-corrected chi connectivity index (χ4v) is 2.78. The third kappa shape index (κ3) is 5.45. The molecule has 2 aromatic rings. The van der Waals surface area contributed by atoms with Gasteiger partial charge in [0.2, 0.25) is 5.91 Å². The number of carbonyl (C=O) groups is 2. The van der Waals surface area contributed by atoms with E-state index < -0.39 is 0 Å².